The summed E-state index contributed by atoms with van der Waals surface area (Å²) in [6.07, 6.45) is 1.67. The van der Waals surface area contributed by atoms with Gasteiger partial charge in [0.2, 0.25) is 0 Å². The van der Waals surface area contributed by atoms with Crippen molar-refractivity contribution in [2.45, 2.75) is 19.8 Å². The van der Waals surface area contributed by atoms with E-state index in [1.807, 2.05) is 6.92 Å². The molecule has 6 heteroatoms. The molecule has 1 heterocycles. The average Bonchev–Trinajstić information content (AvgIpc) is 2.37. The van der Waals surface area contributed by atoms with Crippen LogP contribution in [0.5, 0.6) is 0 Å². The lowest BCUT2D eigenvalue weighted by atomic mass is 10.1. The van der Waals surface area contributed by atoms with Crippen LogP contribution < -0.4 is 0 Å². The summed E-state index contributed by atoms with van der Waals surface area (Å²) in [5, 5.41) is 0.278. The molecule has 0 aromatic carbocycles. The largest absolute Gasteiger partial charge is 0.468 e. The van der Waals surface area contributed by atoms with Crippen LogP contribution in [0.2, 0.25) is 5.15 Å². The molecule has 19 heavy (non-hydrogen) atoms. The number of likely N-dealkylation sites (N-methyl/N-ethyl adjacent to an activating group) is 1. The van der Waals surface area contributed by atoms with Crippen LogP contribution in [0.3, 0.4) is 0 Å². The van der Waals surface area contributed by atoms with Crippen molar-refractivity contribution in [1.82, 2.24) is 9.88 Å². The number of methoxy groups -OCH3 is 1. The molecule has 0 atom stereocenters. The minimum Gasteiger partial charge on any atom is -0.468 e. The van der Waals surface area contributed by atoms with Crippen molar-refractivity contribution >= 4 is 23.5 Å². The third-order valence-corrected chi connectivity index (χ3v) is 2.73. The molecule has 1 rings (SSSR count). The lowest BCUT2D eigenvalue weighted by Crippen LogP contribution is -2.32. The van der Waals surface area contributed by atoms with Gasteiger partial charge in [-0.15, -0.1) is 0 Å². The number of carbonyl (C=O) groups excluding carboxylic acids is 2. The third kappa shape index (κ3) is 4.52. The number of nitrogens with zero attached hydrogens (tertiary/aromatic N) is 2. The molecule has 0 radical (unpaired) electrons. The SMILES string of the molecule is CCCc1cc(C(=O)N(C)CC(=O)OC)cc(Cl)n1. The summed E-state index contributed by atoms with van der Waals surface area (Å²) in [6, 6.07) is 3.20. The summed E-state index contributed by atoms with van der Waals surface area (Å²) in [6.45, 7) is 1.92. The van der Waals surface area contributed by atoms with Gasteiger partial charge in [-0.2, -0.15) is 0 Å². The van der Waals surface area contributed by atoms with Gasteiger partial charge in [0.15, 0.2) is 0 Å². The minimum atomic E-state index is -0.468. The van der Waals surface area contributed by atoms with Crippen molar-refractivity contribution in [1.29, 1.82) is 0 Å². The molecular formula is C13H17ClN2O3. The van der Waals surface area contributed by atoms with Crippen LogP contribution in [0.25, 0.3) is 0 Å². The number of halogens is 1. The zero-order valence-corrected chi connectivity index (χ0v) is 12.0. The molecule has 0 aliphatic rings. The zero-order valence-electron chi connectivity index (χ0n) is 11.3. The molecular weight excluding hydrogens is 268 g/mol. The predicted molar refractivity (Wildman–Crippen MR) is 72.2 cm³/mol. The van der Waals surface area contributed by atoms with E-state index in [1.54, 1.807) is 6.07 Å². The number of pyridine rings is 1. The maximum absolute atomic E-state index is 12.1. The first kappa shape index (κ1) is 15.4. The monoisotopic (exact) mass is 284 g/mol. The van der Waals surface area contributed by atoms with Gasteiger partial charge in [-0.25, -0.2) is 4.98 Å². The van der Waals surface area contributed by atoms with E-state index in [4.69, 9.17) is 11.6 Å². The maximum atomic E-state index is 12.1. The molecule has 0 saturated carbocycles. The molecule has 0 aliphatic heterocycles. The molecule has 0 unspecified atom stereocenters. The number of hydrogen-bond acceptors (Lipinski definition) is 4. The maximum Gasteiger partial charge on any atom is 0.325 e. The van der Waals surface area contributed by atoms with E-state index >= 15 is 0 Å². The zero-order chi connectivity index (χ0) is 14.4. The number of aryl methyl sites for hydroxylation is 1. The first-order valence-corrected chi connectivity index (χ1v) is 6.34. The smallest absolute Gasteiger partial charge is 0.325 e. The van der Waals surface area contributed by atoms with E-state index < -0.39 is 5.97 Å². The van der Waals surface area contributed by atoms with Crippen LogP contribution in [0, 0.1) is 0 Å². The highest BCUT2D eigenvalue weighted by Gasteiger charge is 2.16. The topological polar surface area (TPSA) is 59.5 Å². The van der Waals surface area contributed by atoms with E-state index in [0.29, 0.717) is 5.56 Å². The van der Waals surface area contributed by atoms with Gasteiger partial charge < -0.3 is 9.64 Å². The Morgan fingerprint density at radius 2 is 2.11 bits per heavy atom. The average molecular weight is 285 g/mol. The highest BCUT2D eigenvalue weighted by Crippen LogP contribution is 2.14. The second-order valence-electron chi connectivity index (χ2n) is 4.16. The highest BCUT2D eigenvalue weighted by molar-refractivity contribution is 6.29. The van der Waals surface area contributed by atoms with Crippen LogP contribution >= 0.6 is 11.6 Å². The van der Waals surface area contributed by atoms with Crippen molar-refractivity contribution < 1.29 is 14.3 Å². The van der Waals surface area contributed by atoms with Gasteiger partial charge in [0.25, 0.3) is 5.91 Å². The Kier molecular flexibility index (Phi) is 5.76. The van der Waals surface area contributed by atoms with Crippen molar-refractivity contribution in [2.24, 2.45) is 0 Å². The van der Waals surface area contributed by atoms with E-state index in [9.17, 15) is 9.59 Å². The fourth-order valence-corrected chi connectivity index (χ4v) is 1.84. The number of rotatable bonds is 5. The standard InChI is InChI=1S/C13H17ClN2O3/c1-4-5-10-6-9(7-11(14)15-10)13(18)16(2)8-12(17)19-3/h6-7H,4-5,8H2,1-3H3. The summed E-state index contributed by atoms with van der Waals surface area (Å²) < 4.78 is 4.52. The predicted octanol–water partition coefficient (Wildman–Crippen LogP) is 1.93. The van der Waals surface area contributed by atoms with Crippen molar-refractivity contribution in [3.05, 3.63) is 28.5 Å². The Morgan fingerprint density at radius 3 is 2.68 bits per heavy atom. The number of amides is 1. The van der Waals surface area contributed by atoms with E-state index in [2.05, 4.69) is 9.72 Å². The van der Waals surface area contributed by atoms with Crippen LogP contribution in [-0.2, 0) is 16.0 Å². The highest BCUT2D eigenvalue weighted by atomic mass is 35.5. The van der Waals surface area contributed by atoms with Crippen molar-refractivity contribution in [3.8, 4) is 0 Å². The van der Waals surface area contributed by atoms with Gasteiger partial charge in [0, 0.05) is 18.3 Å². The Bertz CT molecular complexity index is 477. The molecule has 5 nitrogen and oxygen atoms in total. The number of ether oxygens (including phenoxy) is 1. The normalized spacial score (nSPS) is 10.1. The second-order valence-corrected chi connectivity index (χ2v) is 4.54. The Morgan fingerprint density at radius 1 is 1.42 bits per heavy atom. The Labute approximate surface area is 117 Å². The molecule has 104 valence electrons. The molecule has 0 bridgehead atoms. The van der Waals surface area contributed by atoms with Crippen LogP contribution in [0.1, 0.15) is 29.4 Å². The van der Waals surface area contributed by atoms with E-state index in [-0.39, 0.29) is 17.6 Å². The second kappa shape index (κ2) is 7.09. The number of aromatic nitrogens is 1. The molecule has 1 aromatic rings. The molecule has 1 aromatic heterocycles. The van der Waals surface area contributed by atoms with Gasteiger partial charge in [-0.1, -0.05) is 24.9 Å². The molecule has 0 N–H and O–H groups in total. The fraction of sp³-hybridized carbons (Fsp3) is 0.462. The van der Waals surface area contributed by atoms with Crippen molar-refractivity contribution in [2.75, 3.05) is 20.7 Å². The number of hydrogen-bond donors (Lipinski definition) is 0. The van der Waals surface area contributed by atoms with Crippen LogP contribution in [0.15, 0.2) is 12.1 Å². The summed E-state index contributed by atoms with van der Waals surface area (Å²) in [5.41, 5.74) is 1.19. The van der Waals surface area contributed by atoms with E-state index in [1.165, 1.54) is 25.1 Å². The molecule has 0 saturated heterocycles. The quantitative estimate of drug-likeness (QED) is 0.612. The van der Waals surface area contributed by atoms with Crippen LogP contribution in [0.4, 0.5) is 0 Å². The lowest BCUT2D eigenvalue weighted by Gasteiger charge is -2.16. The Balaban J connectivity index is 2.89. The molecule has 0 fully saturated rings. The van der Waals surface area contributed by atoms with E-state index in [0.717, 1.165) is 18.5 Å². The molecule has 0 aliphatic carbocycles. The lowest BCUT2D eigenvalue weighted by molar-refractivity contribution is -0.141. The van der Waals surface area contributed by atoms with Gasteiger partial charge in [0.1, 0.15) is 11.7 Å². The summed E-state index contributed by atoms with van der Waals surface area (Å²) in [4.78, 5) is 28.7. The van der Waals surface area contributed by atoms with Crippen LogP contribution in [-0.4, -0.2) is 42.5 Å². The third-order valence-electron chi connectivity index (χ3n) is 2.54. The summed E-state index contributed by atoms with van der Waals surface area (Å²) >= 11 is 5.89. The Hall–Kier alpha value is -1.62. The van der Waals surface area contributed by atoms with Gasteiger partial charge >= 0.3 is 5.97 Å². The minimum absolute atomic E-state index is 0.0988. The van der Waals surface area contributed by atoms with Gasteiger partial charge in [-0.3, -0.25) is 9.59 Å². The van der Waals surface area contributed by atoms with Gasteiger partial charge in [0.05, 0.1) is 7.11 Å². The first-order valence-electron chi connectivity index (χ1n) is 5.96. The van der Waals surface area contributed by atoms with Gasteiger partial charge in [-0.05, 0) is 18.6 Å². The fourth-order valence-electron chi connectivity index (χ4n) is 1.61. The summed E-state index contributed by atoms with van der Waals surface area (Å²) in [7, 11) is 2.82. The first-order chi connectivity index (χ1) is 8.97. The molecule has 1 amide bonds. The number of carbonyl (C=O) groups is 2. The number of esters is 1. The van der Waals surface area contributed by atoms with Crippen molar-refractivity contribution in [3.63, 3.8) is 0 Å². The molecule has 0 spiro atoms. The summed E-state index contributed by atoms with van der Waals surface area (Å²) in [5.74, 6) is -0.753.